The van der Waals surface area contributed by atoms with Crippen molar-refractivity contribution in [2.24, 2.45) is 0 Å². The quantitative estimate of drug-likeness (QED) is 0.585. The molecule has 7 nitrogen and oxygen atoms in total. The van der Waals surface area contributed by atoms with Gasteiger partial charge in [0.15, 0.2) is 5.65 Å². The lowest BCUT2D eigenvalue weighted by atomic mass is 10.1. The minimum atomic E-state index is -1.06. The number of aliphatic hydroxyl groups is 2. The van der Waals surface area contributed by atoms with Crippen LogP contribution in [0.25, 0.3) is 16.7 Å². The third-order valence-electron chi connectivity index (χ3n) is 4.10. The molecule has 3 rings (SSSR count). The third kappa shape index (κ3) is 3.35. The SMILES string of the molecule is C=CC(=O)NCc1nn(-c2ccc(C)cc2)c2nccc(C(O)CO)c12. The van der Waals surface area contributed by atoms with Crippen LogP contribution in [0.2, 0.25) is 0 Å². The molecule has 0 bridgehead atoms. The molecule has 0 spiro atoms. The maximum absolute atomic E-state index is 11.5. The number of hydrogen-bond acceptors (Lipinski definition) is 5. The van der Waals surface area contributed by atoms with Crippen molar-refractivity contribution in [3.8, 4) is 5.69 Å². The summed E-state index contributed by atoms with van der Waals surface area (Å²) < 4.78 is 1.66. The van der Waals surface area contributed by atoms with Crippen molar-refractivity contribution in [3.05, 3.63) is 66.0 Å². The van der Waals surface area contributed by atoms with E-state index in [-0.39, 0.29) is 12.5 Å². The summed E-state index contributed by atoms with van der Waals surface area (Å²) >= 11 is 0. The van der Waals surface area contributed by atoms with Gasteiger partial charge in [-0.3, -0.25) is 4.79 Å². The van der Waals surface area contributed by atoms with Crippen LogP contribution in [0, 0.1) is 6.92 Å². The van der Waals surface area contributed by atoms with Gasteiger partial charge in [-0.15, -0.1) is 0 Å². The maximum atomic E-state index is 11.5. The van der Waals surface area contributed by atoms with Crippen LogP contribution < -0.4 is 5.32 Å². The van der Waals surface area contributed by atoms with Crippen molar-refractivity contribution < 1.29 is 15.0 Å². The predicted octanol–water partition coefficient (Wildman–Crippen LogP) is 1.56. The van der Waals surface area contributed by atoms with Crippen LogP contribution in [0.5, 0.6) is 0 Å². The van der Waals surface area contributed by atoms with Gasteiger partial charge in [-0.2, -0.15) is 5.10 Å². The molecule has 0 saturated heterocycles. The van der Waals surface area contributed by atoms with Gasteiger partial charge < -0.3 is 15.5 Å². The summed E-state index contributed by atoms with van der Waals surface area (Å²) in [6.07, 6.45) is 1.68. The summed E-state index contributed by atoms with van der Waals surface area (Å²) in [5.41, 5.74) is 3.53. The molecular formula is C19H20N4O3. The molecule has 7 heteroatoms. The molecule has 0 saturated carbocycles. The smallest absolute Gasteiger partial charge is 0.243 e. The lowest BCUT2D eigenvalue weighted by Gasteiger charge is -2.10. The number of aliphatic hydroxyl groups excluding tert-OH is 2. The highest BCUT2D eigenvalue weighted by Gasteiger charge is 2.20. The summed E-state index contributed by atoms with van der Waals surface area (Å²) in [5, 5.41) is 27.4. The second-order valence-corrected chi connectivity index (χ2v) is 5.91. The number of amides is 1. The van der Waals surface area contributed by atoms with E-state index in [2.05, 4.69) is 22.0 Å². The van der Waals surface area contributed by atoms with Crippen LogP contribution in [0.3, 0.4) is 0 Å². The number of pyridine rings is 1. The molecule has 1 aromatic carbocycles. The zero-order valence-electron chi connectivity index (χ0n) is 14.4. The summed E-state index contributed by atoms with van der Waals surface area (Å²) in [4.78, 5) is 15.9. The number of fused-ring (bicyclic) bond motifs is 1. The number of nitrogens with zero attached hydrogens (tertiary/aromatic N) is 3. The van der Waals surface area contributed by atoms with Crippen molar-refractivity contribution >= 4 is 16.9 Å². The van der Waals surface area contributed by atoms with E-state index >= 15 is 0 Å². The fourth-order valence-electron chi connectivity index (χ4n) is 2.75. The third-order valence-corrected chi connectivity index (χ3v) is 4.10. The Morgan fingerprint density at radius 1 is 1.35 bits per heavy atom. The Balaban J connectivity index is 2.18. The average molecular weight is 352 g/mol. The van der Waals surface area contributed by atoms with E-state index < -0.39 is 12.7 Å². The van der Waals surface area contributed by atoms with Crippen molar-refractivity contribution in [1.29, 1.82) is 0 Å². The zero-order valence-corrected chi connectivity index (χ0v) is 14.4. The summed E-state index contributed by atoms with van der Waals surface area (Å²) in [6.45, 7) is 5.15. The first-order valence-corrected chi connectivity index (χ1v) is 8.18. The first kappa shape index (κ1) is 17.8. The van der Waals surface area contributed by atoms with Gasteiger partial charge in [0.05, 0.1) is 29.9 Å². The molecule has 0 aliphatic carbocycles. The fraction of sp³-hybridized carbons (Fsp3) is 0.211. The average Bonchev–Trinajstić information content (AvgIpc) is 3.05. The number of carbonyl (C=O) groups is 1. The molecule has 134 valence electrons. The lowest BCUT2D eigenvalue weighted by molar-refractivity contribution is -0.116. The van der Waals surface area contributed by atoms with Crippen LogP contribution in [0.15, 0.2) is 49.2 Å². The monoisotopic (exact) mass is 352 g/mol. The first-order chi connectivity index (χ1) is 12.5. The van der Waals surface area contributed by atoms with Crippen molar-refractivity contribution in [2.45, 2.75) is 19.6 Å². The van der Waals surface area contributed by atoms with Gasteiger partial charge >= 0.3 is 0 Å². The first-order valence-electron chi connectivity index (χ1n) is 8.18. The van der Waals surface area contributed by atoms with Crippen LogP contribution in [0.1, 0.15) is 22.9 Å². The molecule has 1 unspecified atom stereocenters. The topological polar surface area (TPSA) is 100 Å². The van der Waals surface area contributed by atoms with Gasteiger partial charge in [0.25, 0.3) is 0 Å². The molecule has 3 aromatic rings. The van der Waals surface area contributed by atoms with Crippen molar-refractivity contribution in [1.82, 2.24) is 20.1 Å². The summed E-state index contributed by atoms with van der Waals surface area (Å²) in [5.74, 6) is -0.323. The van der Waals surface area contributed by atoms with E-state index in [1.54, 1.807) is 16.9 Å². The molecule has 0 radical (unpaired) electrons. The molecule has 26 heavy (non-hydrogen) atoms. The van der Waals surface area contributed by atoms with Gasteiger partial charge in [-0.25, -0.2) is 9.67 Å². The highest BCUT2D eigenvalue weighted by atomic mass is 16.3. The van der Waals surface area contributed by atoms with Crippen LogP contribution >= 0.6 is 0 Å². The Labute approximate surface area is 150 Å². The Hall–Kier alpha value is -3.03. The minimum absolute atomic E-state index is 0.150. The van der Waals surface area contributed by atoms with E-state index in [4.69, 9.17) is 0 Å². The molecule has 2 aromatic heterocycles. The van der Waals surface area contributed by atoms with Gasteiger partial charge in [-0.1, -0.05) is 24.3 Å². The number of carbonyl (C=O) groups excluding carboxylic acids is 1. The lowest BCUT2D eigenvalue weighted by Crippen LogP contribution is -2.20. The highest BCUT2D eigenvalue weighted by Crippen LogP contribution is 2.28. The van der Waals surface area contributed by atoms with Crippen LogP contribution in [0.4, 0.5) is 0 Å². The normalized spacial score (nSPS) is 12.1. The van der Waals surface area contributed by atoms with E-state index in [0.717, 1.165) is 11.3 Å². The highest BCUT2D eigenvalue weighted by molar-refractivity contribution is 5.88. The second kappa shape index (κ2) is 7.47. The summed E-state index contributed by atoms with van der Waals surface area (Å²) in [6, 6.07) is 9.42. The molecule has 0 fully saturated rings. The van der Waals surface area contributed by atoms with Crippen LogP contribution in [-0.4, -0.2) is 37.5 Å². The van der Waals surface area contributed by atoms with Gasteiger partial charge in [0.1, 0.15) is 6.10 Å². The van der Waals surface area contributed by atoms with Crippen molar-refractivity contribution in [3.63, 3.8) is 0 Å². The largest absolute Gasteiger partial charge is 0.393 e. The standard InChI is InChI=1S/C19H20N4O3/c1-3-17(26)21-10-15-18-14(16(25)11-24)8-9-20-19(18)23(22-15)13-6-4-12(2)5-7-13/h3-9,16,24-25H,1,10-11H2,2H3,(H,21,26). The fourth-order valence-corrected chi connectivity index (χ4v) is 2.75. The molecular weight excluding hydrogens is 332 g/mol. The number of aromatic nitrogens is 3. The van der Waals surface area contributed by atoms with Gasteiger partial charge in [-0.05, 0) is 36.8 Å². The van der Waals surface area contributed by atoms with E-state index in [1.807, 2.05) is 31.2 Å². The number of nitrogens with one attached hydrogen (secondary N) is 1. The molecule has 2 heterocycles. The Morgan fingerprint density at radius 3 is 2.73 bits per heavy atom. The molecule has 0 aliphatic heterocycles. The zero-order chi connectivity index (χ0) is 18.7. The second-order valence-electron chi connectivity index (χ2n) is 5.91. The molecule has 1 amide bonds. The van der Waals surface area contributed by atoms with E-state index in [1.165, 1.54) is 6.08 Å². The predicted molar refractivity (Wildman–Crippen MR) is 97.7 cm³/mol. The van der Waals surface area contributed by atoms with E-state index in [9.17, 15) is 15.0 Å². The molecule has 1 atom stereocenters. The number of rotatable bonds is 6. The van der Waals surface area contributed by atoms with Gasteiger partial charge in [0.2, 0.25) is 5.91 Å². The number of aryl methyl sites for hydroxylation is 1. The van der Waals surface area contributed by atoms with Crippen molar-refractivity contribution in [2.75, 3.05) is 6.61 Å². The van der Waals surface area contributed by atoms with E-state index in [0.29, 0.717) is 22.3 Å². The Morgan fingerprint density at radius 2 is 2.08 bits per heavy atom. The minimum Gasteiger partial charge on any atom is -0.393 e. The Kier molecular flexibility index (Phi) is 5.11. The summed E-state index contributed by atoms with van der Waals surface area (Å²) in [7, 11) is 0. The van der Waals surface area contributed by atoms with Gasteiger partial charge in [0, 0.05) is 6.20 Å². The van der Waals surface area contributed by atoms with Crippen LogP contribution in [-0.2, 0) is 11.3 Å². The molecule has 0 aliphatic rings. The number of benzene rings is 1. The number of hydrogen-bond donors (Lipinski definition) is 3. The maximum Gasteiger partial charge on any atom is 0.243 e. The Bertz CT molecular complexity index is 947. The molecule has 3 N–H and O–H groups in total.